The van der Waals surface area contributed by atoms with E-state index in [1.54, 1.807) is 7.05 Å². The molecule has 1 amide bonds. The summed E-state index contributed by atoms with van der Waals surface area (Å²) in [4.78, 5) is 18.4. The summed E-state index contributed by atoms with van der Waals surface area (Å²) in [5, 5.41) is 2.64. The van der Waals surface area contributed by atoms with Crippen molar-refractivity contribution in [3.05, 3.63) is 29.8 Å². The molecule has 1 N–H and O–H groups in total. The summed E-state index contributed by atoms with van der Waals surface area (Å²) >= 11 is -2.02. The molecule has 14 heavy (non-hydrogen) atoms. The summed E-state index contributed by atoms with van der Waals surface area (Å²) in [6.45, 7) is 0. The molecule has 0 heterocycles. The van der Waals surface area contributed by atoms with E-state index in [-0.39, 0.29) is 5.91 Å². The number of nitrogens with one attached hydrogen (secondary N) is 1. The molecular formula is C11H17NOSn. The van der Waals surface area contributed by atoms with Crippen LogP contribution in [0.3, 0.4) is 0 Å². The average molecular weight is 298 g/mol. The molecule has 0 saturated heterocycles. The Kier molecular flexibility index (Phi) is 3.58. The van der Waals surface area contributed by atoms with E-state index in [9.17, 15) is 4.79 Å². The maximum absolute atomic E-state index is 11.4. The van der Waals surface area contributed by atoms with Crippen LogP contribution in [-0.2, 0) is 0 Å². The van der Waals surface area contributed by atoms with Gasteiger partial charge in [0.25, 0.3) is 0 Å². The summed E-state index contributed by atoms with van der Waals surface area (Å²) in [6.07, 6.45) is 0. The molecule has 0 atom stereocenters. The van der Waals surface area contributed by atoms with Crippen molar-refractivity contribution in [2.45, 2.75) is 14.8 Å². The van der Waals surface area contributed by atoms with E-state index in [1.807, 2.05) is 18.2 Å². The van der Waals surface area contributed by atoms with E-state index in [2.05, 4.69) is 26.2 Å². The summed E-state index contributed by atoms with van der Waals surface area (Å²) in [5.41, 5.74) is 0.775. The van der Waals surface area contributed by atoms with Crippen molar-refractivity contribution in [3.8, 4) is 0 Å². The van der Waals surface area contributed by atoms with Crippen molar-refractivity contribution in [2.75, 3.05) is 7.05 Å². The van der Waals surface area contributed by atoms with E-state index in [1.165, 1.54) is 3.58 Å². The van der Waals surface area contributed by atoms with Crippen LogP contribution >= 0.6 is 0 Å². The molecule has 0 spiro atoms. The SMILES string of the molecule is CNC(=O)c1ccc[c]([Sn]([CH3])([CH3])[CH3])c1. The first-order valence-corrected chi connectivity index (χ1v) is 14.8. The predicted molar refractivity (Wildman–Crippen MR) is 62.8 cm³/mol. The molecule has 0 aliphatic carbocycles. The summed E-state index contributed by atoms with van der Waals surface area (Å²) < 4.78 is 1.39. The first-order valence-electron chi connectivity index (χ1n) is 4.78. The minimum absolute atomic E-state index is 0.00221. The molecular weight excluding hydrogens is 281 g/mol. The number of hydrogen-bond donors (Lipinski definition) is 1. The van der Waals surface area contributed by atoms with E-state index in [0.717, 1.165) is 5.56 Å². The van der Waals surface area contributed by atoms with E-state index in [4.69, 9.17) is 0 Å². The Balaban J connectivity index is 3.08. The maximum atomic E-state index is 11.4. The first kappa shape index (κ1) is 11.6. The zero-order valence-corrected chi connectivity index (χ0v) is 12.1. The number of carbonyl (C=O) groups excluding carboxylic acids is 1. The van der Waals surface area contributed by atoms with Crippen molar-refractivity contribution < 1.29 is 4.79 Å². The fourth-order valence-corrected chi connectivity index (χ4v) is 4.65. The quantitative estimate of drug-likeness (QED) is 0.826. The van der Waals surface area contributed by atoms with Gasteiger partial charge in [-0.05, 0) is 0 Å². The van der Waals surface area contributed by atoms with Gasteiger partial charge >= 0.3 is 89.7 Å². The van der Waals surface area contributed by atoms with E-state index in [0.29, 0.717) is 0 Å². The fraction of sp³-hybridized carbons (Fsp3) is 0.364. The molecule has 0 bridgehead atoms. The molecule has 0 aliphatic heterocycles. The molecule has 0 aliphatic rings. The molecule has 0 saturated carbocycles. The number of carbonyl (C=O) groups is 1. The molecule has 0 unspecified atom stereocenters. The van der Waals surface area contributed by atoms with Crippen molar-refractivity contribution in [3.63, 3.8) is 0 Å². The molecule has 0 radical (unpaired) electrons. The Morgan fingerprint density at radius 3 is 2.43 bits per heavy atom. The minimum atomic E-state index is -2.02. The summed E-state index contributed by atoms with van der Waals surface area (Å²) in [7, 11) is 1.66. The van der Waals surface area contributed by atoms with Crippen LogP contribution in [0.25, 0.3) is 0 Å². The number of amides is 1. The van der Waals surface area contributed by atoms with Gasteiger partial charge in [0.15, 0.2) is 0 Å². The molecule has 76 valence electrons. The first-order chi connectivity index (χ1) is 6.45. The normalized spacial score (nSPS) is 11.1. The molecule has 1 aromatic carbocycles. The van der Waals surface area contributed by atoms with Gasteiger partial charge in [-0.1, -0.05) is 0 Å². The van der Waals surface area contributed by atoms with E-state index < -0.39 is 18.4 Å². The van der Waals surface area contributed by atoms with Crippen LogP contribution < -0.4 is 8.90 Å². The fourth-order valence-electron chi connectivity index (χ4n) is 1.27. The molecule has 1 rings (SSSR count). The molecule has 2 nitrogen and oxygen atoms in total. The van der Waals surface area contributed by atoms with Gasteiger partial charge in [-0.15, -0.1) is 0 Å². The second-order valence-electron chi connectivity index (χ2n) is 4.41. The predicted octanol–water partition coefficient (Wildman–Crippen LogP) is 1.59. The third-order valence-corrected chi connectivity index (χ3v) is 8.05. The van der Waals surface area contributed by atoms with Crippen LogP contribution in [0.2, 0.25) is 14.8 Å². The molecule has 1 aromatic rings. The Morgan fingerprint density at radius 2 is 1.93 bits per heavy atom. The van der Waals surface area contributed by atoms with Gasteiger partial charge in [-0.3, -0.25) is 0 Å². The second kappa shape index (κ2) is 4.34. The van der Waals surface area contributed by atoms with Crippen LogP contribution in [-0.4, -0.2) is 31.3 Å². The van der Waals surface area contributed by atoms with Gasteiger partial charge < -0.3 is 0 Å². The standard InChI is InChI=1S/C8H8NO.3CH3.Sn/c1-9-8(10)7-5-3-2-4-6-7;;;;/h2-3,5-6H,1H3,(H,9,10);3*1H3;. The van der Waals surface area contributed by atoms with Crippen molar-refractivity contribution in [1.82, 2.24) is 5.32 Å². The third kappa shape index (κ3) is 2.74. The van der Waals surface area contributed by atoms with Gasteiger partial charge in [0, 0.05) is 0 Å². The monoisotopic (exact) mass is 299 g/mol. The van der Waals surface area contributed by atoms with Gasteiger partial charge in [0.05, 0.1) is 0 Å². The zero-order chi connectivity index (χ0) is 10.8. The average Bonchev–Trinajstić information content (AvgIpc) is 2.15. The van der Waals surface area contributed by atoms with Crippen molar-refractivity contribution >= 4 is 27.9 Å². The number of benzene rings is 1. The Morgan fingerprint density at radius 1 is 1.29 bits per heavy atom. The molecule has 0 fully saturated rings. The zero-order valence-electron chi connectivity index (χ0n) is 9.22. The van der Waals surface area contributed by atoms with Crippen LogP contribution in [0.5, 0.6) is 0 Å². The number of hydrogen-bond acceptors (Lipinski definition) is 1. The van der Waals surface area contributed by atoms with Crippen LogP contribution in [0.15, 0.2) is 24.3 Å². The van der Waals surface area contributed by atoms with Gasteiger partial charge in [-0.2, -0.15) is 0 Å². The van der Waals surface area contributed by atoms with E-state index >= 15 is 0 Å². The van der Waals surface area contributed by atoms with Crippen molar-refractivity contribution in [1.29, 1.82) is 0 Å². The van der Waals surface area contributed by atoms with Crippen LogP contribution in [0, 0.1) is 0 Å². The second-order valence-corrected chi connectivity index (χ2v) is 18.9. The van der Waals surface area contributed by atoms with Crippen LogP contribution in [0.4, 0.5) is 0 Å². The van der Waals surface area contributed by atoms with Crippen molar-refractivity contribution in [2.24, 2.45) is 0 Å². The summed E-state index contributed by atoms with van der Waals surface area (Å²) in [6, 6.07) is 8.01. The Bertz CT molecular complexity index is 341. The Hall–Kier alpha value is -0.511. The topological polar surface area (TPSA) is 29.1 Å². The van der Waals surface area contributed by atoms with Gasteiger partial charge in [0.1, 0.15) is 0 Å². The van der Waals surface area contributed by atoms with Gasteiger partial charge in [0.2, 0.25) is 0 Å². The Labute approximate surface area is 89.6 Å². The van der Waals surface area contributed by atoms with Crippen LogP contribution in [0.1, 0.15) is 10.4 Å². The van der Waals surface area contributed by atoms with Gasteiger partial charge in [-0.25, -0.2) is 0 Å². The molecule has 0 aromatic heterocycles. The third-order valence-electron chi connectivity index (χ3n) is 2.22. The number of rotatable bonds is 2. The molecule has 3 heteroatoms. The summed E-state index contributed by atoms with van der Waals surface area (Å²) in [5.74, 6) is 0.00221.